The van der Waals surface area contributed by atoms with E-state index in [0.717, 1.165) is 12.1 Å². The van der Waals surface area contributed by atoms with E-state index in [4.69, 9.17) is 24.4 Å². The Bertz CT molecular complexity index is 1110. The van der Waals surface area contributed by atoms with Crippen molar-refractivity contribution in [1.82, 2.24) is 0 Å². The zero-order valence-corrected chi connectivity index (χ0v) is 16.4. The molecular weight excluding hydrogens is 417 g/mol. The topological polar surface area (TPSA) is 108 Å². The Balaban J connectivity index is 1.86. The van der Waals surface area contributed by atoms with Crippen molar-refractivity contribution >= 4 is 5.97 Å². The molecule has 0 amide bonds. The van der Waals surface area contributed by atoms with Gasteiger partial charge in [-0.1, -0.05) is 6.07 Å². The van der Waals surface area contributed by atoms with Gasteiger partial charge in [-0.3, -0.25) is 0 Å². The molecule has 0 aliphatic carbocycles. The van der Waals surface area contributed by atoms with Crippen LogP contribution in [0.2, 0.25) is 0 Å². The number of carbonyl (C=O) groups is 1. The lowest BCUT2D eigenvalue weighted by molar-refractivity contribution is -0.138. The van der Waals surface area contributed by atoms with E-state index in [2.05, 4.69) is 0 Å². The second-order valence-corrected chi connectivity index (χ2v) is 6.50. The number of hydrogen-bond donors (Lipinski definition) is 1. The zero-order valence-electron chi connectivity index (χ0n) is 16.4. The van der Waals surface area contributed by atoms with Crippen molar-refractivity contribution in [3.63, 3.8) is 0 Å². The van der Waals surface area contributed by atoms with Gasteiger partial charge in [-0.05, 0) is 37.3 Å². The second-order valence-electron chi connectivity index (χ2n) is 6.50. The van der Waals surface area contributed by atoms with Crippen molar-refractivity contribution in [3.8, 4) is 11.8 Å². The fraction of sp³-hybridized carbons (Fsp3) is 0.238. The highest BCUT2D eigenvalue weighted by atomic mass is 19.4. The Labute approximate surface area is 175 Å². The fourth-order valence-electron chi connectivity index (χ4n) is 3.08. The van der Waals surface area contributed by atoms with Gasteiger partial charge in [0, 0.05) is 0 Å². The van der Waals surface area contributed by atoms with E-state index in [9.17, 15) is 23.2 Å². The normalized spacial score (nSPS) is 16.6. The van der Waals surface area contributed by atoms with Gasteiger partial charge in [0.05, 0.1) is 24.2 Å². The molecule has 1 atom stereocenters. The van der Waals surface area contributed by atoms with Crippen molar-refractivity contribution in [2.24, 2.45) is 5.73 Å². The number of ether oxygens (including phenoxy) is 3. The Morgan fingerprint density at radius 2 is 2.03 bits per heavy atom. The van der Waals surface area contributed by atoms with E-state index in [-0.39, 0.29) is 46.7 Å². The molecule has 1 aromatic heterocycles. The molecule has 0 spiro atoms. The predicted molar refractivity (Wildman–Crippen MR) is 99.9 cm³/mol. The Morgan fingerprint density at radius 1 is 1.29 bits per heavy atom. The maximum atomic E-state index is 12.8. The number of benzene rings is 1. The van der Waals surface area contributed by atoms with E-state index in [1.54, 1.807) is 0 Å². The van der Waals surface area contributed by atoms with E-state index < -0.39 is 23.6 Å². The molecule has 0 unspecified atom stereocenters. The standard InChI is InChI=1S/C21H17F3N2O5/c1-11-17(20(27)28-2)18(15(9-25)19(26)30-11)16-7-6-14(31-16)10-29-13-5-3-4-12(8-13)21(22,23)24/h3-8,18H,10,26H2,1-2H3/t18-/m0/s1. The predicted octanol–water partition coefficient (Wildman–Crippen LogP) is 4.13. The number of halogens is 3. The van der Waals surface area contributed by atoms with Crippen LogP contribution in [0.1, 0.15) is 29.9 Å². The number of hydrogen-bond acceptors (Lipinski definition) is 7. The highest BCUT2D eigenvalue weighted by Gasteiger charge is 2.38. The van der Waals surface area contributed by atoms with E-state index in [0.29, 0.717) is 0 Å². The summed E-state index contributed by atoms with van der Waals surface area (Å²) in [5, 5.41) is 9.50. The minimum atomic E-state index is -4.49. The van der Waals surface area contributed by atoms with Gasteiger partial charge in [0.15, 0.2) is 0 Å². The first-order valence-corrected chi connectivity index (χ1v) is 8.91. The van der Waals surface area contributed by atoms with Gasteiger partial charge in [-0.25, -0.2) is 4.79 Å². The average molecular weight is 434 g/mol. The van der Waals surface area contributed by atoms with Crippen molar-refractivity contribution in [2.75, 3.05) is 7.11 Å². The van der Waals surface area contributed by atoms with Gasteiger partial charge in [0.1, 0.15) is 41.3 Å². The molecule has 0 bridgehead atoms. The summed E-state index contributed by atoms with van der Waals surface area (Å²) in [6.45, 7) is 1.32. The van der Waals surface area contributed by atoms with Crippen LogP contribution in [0.5, 0.6) is 5.75 Å². The van der Waals surface area contributed by atoms with Crippen LogP contribution in [0.15, 0.2) is 63.6 Å². The Kier molecular flexibility index (Phi) is 5.97. The lowest BCUT2D eigenvalue weighted by Gasteiger charge is -2.24. The maximum Gasteiger partial charge on any atom is 0.416 e. The summed E-state index contributed by atoms with van der Waals surface area (Å²) < 4.78 is 59.7. The zero-order chi connectivity index (χ0) is 22.8. The quantitative estimate of drug-likeness (QED) is 0.705. The third kappa shape index (κ3) is 4.50. The van der Waals surface area contributed by atoms with Gasteiger partial charge in [0.2, 0.25) is 5.88 Å². The monoisotopic (exact) mass is 434 g/mol. The first kappa shape index (κ1) is 21.8. The van der Waals surface area contributed by atoms with E-state index in [1.807, 2.05) is 6.07 Å². The number of nitriles is 1. The molecule has 7 nitrogen and oxygen atoms in total. The van der Waals surface area contributed by atoms with Gasteiger partial charge in [0.25, 0.3) is 0 Å². The molecular formula is C21H17F3N2O5. The van der Waals surface area contributed by atoms with Crippen LogP contribution in [0, 0.1) is 11.3 Å². The van der Waals surface area contributed by atoms with E-state index in [1.165, 1.54) is 38.3 Å². The molecule has 0 fully saturated rings. The number of rotatable bonds is 5. The second kappa shape index (κ2) is 8.47. The number of esters is 1. The molecule has 0 radical (unpaired) electrons. The summed E-state index contributed by atoms with van der Waals surface area (Å²) in [5.41, 5.74) is 4.97. The van der Waals surface area contributed by atoms with Gasteiger partial charge >= 0.3 is 12.1 Å². The van der Waals surface area contributed by atoms with Crippen LogP contribution < -0.4 is 10.5 Å². The first-order valence-electron chi connectivity index (χ1n) is 8.91. The van der Waals surface area contributed by atoms with Crippen molar-refractivity contribution in [1.29, 1.82) is 5.26 Å². The lowest BCUT2D eigenvalue weighted by atomic mass is 9.87. The minimum Gasteiger partial charge on any atom is -0.486 e. The van der Waals surface area contributed by atoms with Crippen molar-refractivity contribution in [2.45, 2.75) is 25.6 Å². The van der Waals surface area contributed by atoms with Crippen molar-refractivity contribution in [3.05, 3.63) is 76.3 Å². The average Bonchev–Trinajstić information content (AvgIpc) is 3.19. The largest absolute Gasteiger partial charge is 0.486 e. The van der Waals surface area contributed by atoms with Gasteiger partial charge in [-0.2, -0.15) is 18.4 Å². The molecule has 3 rings (SSSR count). The molecule has 1 aliphatic rings. The molecule has 2 heterocycles. The van der Waals surface area contributed by atoms with Crippen LogP contribution in [0.3, 0.4) is 0 Å². The van der Waals surface area contributed by atoms with Gasteiger partial charge < -0.3 is 24.4 Å². The maximum absolute atomic E-state index is 12.8. The Morgan fingerprint density at radius 3 is 2.68 bits per heavy atom. The van der Waals surface area contributed by atoms with E-state index >= 15 is 0 Å². The van der Waals surface area contributed by atoms with Crippen LogP contribution in [0.25, 0.3) is 0 Å². The van der Waals surface area contributed by atoms with Gasteiger partial charge in [-0.15, -0.1) is 0 Å². The first-order chi connectivity index (χ1) is 14.7. The van der Waals surface area contributed by atoms with Crippen molar-refractivity contribution < 1.29 is 36.6 Å². The van der Waals surface area contributed by atoms with Crippen LogP contribution in [-0.4, -0.2) is 13.1 Å². The summed E-state index contributed by atoms with van der Waals surface area (Å²) >= 11 is 0. The molecule has 31 heavy (non-hydrogen) atoms. The molecule has 162 valence electrons. The summed E-state index contributed by atoms with van der Waals surface area (Å²) in [7, 11) is 1.18. The van der Waals surface area contributed by atoms with Crippen LogP contribution in [-0.2, 0) is 27.1 Å². The number of methoxy groups -OCH3 is 1. The summed E-state index contributed by atoms with van der Waals surface area (Å²) in [5.74, 6) is -1.23. The summed E-state index contributed by atoms with van der Waals surface area (Å²) in [6, 6.07) is 9.38. The highest BCUT2D eigenvalue weighted by molar-refractivity contribution is 5.92. The number of nitrogens with two attached hydrogens (primary N) is 1. The smallest absolute Gasteiger partial charge is 0.416 e. The summed E-state index contributed by atoms with van der Waals surface area (Å²) in [6.07, 6.45) is -4.49. The number of allylic oxidation sites excluding steroid dienone is 2. The third-order valence-electron chi connectivity index (χ3n) is 4.52. The molecule has 0 saturated heterocycles. The SMILES string of the molecule is COC(=O)C1=C(C)OC(N)=C(C#N)[C@H]1c1ccc(COc2cccc(C(F)(F)F)c2)o1. The molecule has 1 aliphatic heterocycles. The fourth-order valence-corrected chi connectivity index (χ4v) is 3.08. The van der Waals surface area contributed by atoms with Crippen LogP contribution in [0.4, 0.5) is 13.2 Å². The third-order valence-corrected chi connectivity index (χ3v) is 4.52. The number of alkyl halides is 3. The molecule has 0 saturated carbocycles. The molecule has 10 heteroatoms. The Hall–Kier alpha value is -3.87. The number of carbonyl (C=O) groups excluding carboxylic acids is 1. The molecule has 2 aromatic rings. The molecule has 2 N–H and O–H groups in total. The molecule has 1 aromatic carbocycles. The summed E-state index contributed by atoms with van der Waals surface area (Å²) in [4.78, 5) is 12.3. The highest BCUT2D eigenvalue weighted by Crippen LogP contribution is 2.40. The number of nitrogens with zero attached hydrogens (tertiary/aromatic N) is 1. The van der Waals surface area contributed by atoms with Crippen LogP contribution >= 0.6 is 0 Å². The number of furan rings is 1. The minimum absolute atomic E-state index is 0.00619. The lowest BCUT2D eigenvalue weighted by Crippen LogP contribution is -2.24.